The highest BCUT2D eigenvalue weighted by Gasteiger charge is 2.07. The number of hydrogen-bond acceptors (Lipinski definition) is 7. The number of thiophene rings is 1. The van der Waals surface area contributed by atoms with Gasteiger partial charge in [-0.2, -0.15) is 26.3 Å². The highest BCUT2D eigenvalue weighted by molar-refractivity contribution is 7.08. The van der Waals surface area contributed by atoms with Crippen LogP contribution in [0.1, 0.15) is 26.7 Å². The number of anilines is 3. The molecule has 2 heterocycles. The van der Waals surface area contributed by atoms with E-state index in [9.17, 15) is 0 Å². The molecule has 0 saturated heterocycles. The number of nitrogens with zero attached hydrogens (tertiary/aromatic N) is 3. The van der Waals surface area contributed by atoms with Crippen LogP contribution < -0.4 is 15.4 Å². The summed E-state index contributed by atoms with van der Waals surface area (Å²) in [4.78, 5) is 12.8. The van der Waals surface area contributed by atoms with Gasteiger partial charge in [-0.3, -0.25) is 0 Å². The molecule has 0 fully saturated rings. The summed E-state index contributed by atoms with van der Waals surface area (Å²) < 4.78 is 5.50. The van der Waals surface area contributed by atoms with Crippen molar-refractivity contribution in [2.75, 3.05) is 23.8 Å². The van der Waals surface area contributed by atoms with Crippen molar-refractivity contribution in [3.8, 4) is 6.01 Å². The van der Waals surface area contributed by atoms with Gasteiger partial charge in [-0.15, -0.1) is 0 Å². The first-order chi connectivity index (χ1) is 9.81. The number of nitrogens with one attached hydrogen (secondary N) is 2. The van der Waals surface area contributed by atoms with Crippen LogP contribution in [0.25, 0.3) is 0 Å². The van der Waals surface area contributed by atoms with Crippen molar-refractivity contribution in [2.45, 2.75) is 26.7 Å². The lowest BCUT2D eigenvalue weighted by Gasteiger charge is -2.09. The lowest BCUT2D eigenvalue weighted by Crippen LogP contribution is -2.10. The van der Waals surface area contributed by atoms with Gasteiger partial charge in [0.25, 0.3) is 0 Å². The predicted molar refractivity (Wildman–Crippen MR) is 82.0 cm³/mol. The minimum atomic E-state index is 0.346. The van der Waals surface area contributed by atoms with Gasteiger partial charge < -0.3 is 15.4 Å². The molecule has 6 nitrogen and oxygen atoms in total. The number of aromatic nitrogens is 3. The quantitative estimate of drug-likeness (QED) is 0.778. The molecule has 0 radical (unpaired) electrons. The summed E-state index contributed by atoms with van der Waals surface area (Å²) in [6.07, 6.45) is 1.92. The summed E-state index contributed by atoms with van der Waals surface area (Å²) in [6.45, 7) is 5.54. The molecule has 0 unspecified atom stereocenters. The van der Waals surface area contributed by atoms with Gasteiger partial charge in [-0.1, -0.05) is 13.8 Å². The van der Waals surface area contributed by atoms with Crippen LogP contribution in [-0.2, 0) is 0 Å². The number of hydrogen-bond donors (Lipinski definition) is 2. The third kappa shape index (κ3) is 4.34. The van der Waals surface area contributed by atoms with Crippen LogP contribution in [0.5, 0.6) is 6.01 Å². The first-order valence-corrected chi connectivity index (χ1v) is 7.68. The van der Waals surface area contributed by atoms with Gasteiger partial charge in [0.15, 0.2) is 0 Å². The Morgan fingerprint density at radius 2 is 2.00 bits per heavy atom. The zero-order valence-electron chi connectivity index (χ0n) is 11.7. The molecule has 2 aromatic rings. The molecular formula is C13H19N5OS. The molecule has 20 heavy (non-hydrogen) atoms. The molecule has 2 N–H and O–H groups in total. The standard InChI is InChI=1S/C13H19N5OS/c1-3-6-14-11-16-12(15-10-5-8-20-9-10)18-13(17-11)19-7-4-2/h5,8-9H,3-4,6-7H2,1-2H3,(H2,14,15,16,17,18). The summed E-state index contributed by atoms with van der Waals surface area (Å²) in [7, 11) is 0. The zero-order chi connectivity index (χ0) is 14.2. The molecule has 0 aliphatic carbocycles. The Labute approximate surface area is 122 Å². The maximum atomic E-state index is 5.50. The largest absolute Gasteiger partial charge is 0.463 e. The monoisotopic (exact) mass is 293 g/mol. The Kier molecular flexibility index (Phi) is 5.55. The molecular weight excluding hydrogens is 274 g/mol. The molecule has 0 saturated carbocycles. The zero-order valence-corrected chi connectivity index (χ0v) is 12.5. The van der Waals surface area contributed by atoms with E-state index >= 15 is 0 Å². The summed E-state index contributed by atoms with van der Waals surface area (Å²) >= 11 is 1.61. The van der Waals surface area contributed by atoms with Gasteiger partial charge in [0.2, 0.25) is 11.9 Å². The number of rotatable bonds is 8. The highest BCUT2D eigenvalue weighted by atomic mass is 32.1. The molecule has 0 atom stereocenters. The van der Waals surface area contributed by atoms with Crippen molar-refractivity contribution in [3.63, 3.8) is 0 Å². The van der Waals surface area contributed by atoms with Crippen LogP contribution in [0.3, 0.4) is 0 Å². The maximum absolute atomic E-state index is 5.50. The smallest absolute Gasteiger partial charge is 0.323 e. The first kappa shape index (κ1) is 14.5. The average Bonchev–Trinajstić information content (AvgIpc) is 2.95. The van der Waals surface area contributed by atoms with Crippen LogP contribution in [0, 0.1) is 0 Å². The molecule has 0 aliphatic rings. The molecule has 0 bridgehead atoms. The van der Waals surface area contributed by atoms with E-state index in [2.05, 4.69) is 32.5 Å². The van der Waals surface area contributed by atoms with E-state index in [1.807, 2.05) is 23.8 Å². The van der Waals surface area contributed by atoms with Gasteiger partial charge in [-0.05, 0) is 24.3 Å². The summed E-state index contributed by atoms with van der Waals surface area (Å²) in [5.41, 5.74) is 0.962. The van der Waals surface area contributed by atoms with Crippen LogP contribution in [0.2, 0.25) is 0 Å². The van der Waals surface area contributed by atoms with Crippen molar-refractivity contribution in [1.82, 2.24) is 15.0 Å². The topological polar surface area (TPSA) is 72.0 Å². The Balaban J connectivity index is 2.15. The third-order valence-corrected chi connectivity index (χ3v) is 3.04. The van der Waals surface area contributed by atoms with Crippen molar-refractivity contribution < 1.29 is 4.74 Å². The Bertz CT molecular complexity index is 491. The van der Waals surface area contributed by atoms with Gasteiger partial charge in [-0.25, -0.2) is 0 Å². The molecule has 108 valence electrons. The first-order valence-electron chi connectivity index (χ1n) is 6.73. The Morgan fingerprint density at radius 3 is 2.70 bits per heavy atom. The maximum Gasteiger partial charge on any atom is 0.323 e. The van der Waals surface area contributed by atoms with Crippen molar-refractivity contribution in [1.29, 1.82) is 0 Å². The van der Waals surface area contributed by atoms with Gasteiger partial charge in [0, 0.05) is 11.9 Å². The molecule has 0 aliphatic heterocycles. The summed E-state index contributed by atoms with van der Waals surface area (Å²) in [5.74, 6) is 1.02. The van der Waals surface area contributed by atoms with E-state index in [1.165, 1.54) is 0 Å². The second-order valence-electron chi connectivity index (χ2n) is 4.18. The molecule has 0 aromatic carbocycles. The van der Waals surface area contributed by atoms with Crippen molar-refractivity contribution in [2.24, 2.45) is 0 Å². The van der Waals surface area contributed by atoms with Crippen LogP contribution in [0.15, 0.2) is 16.8 Å². The van der Waals surface area contributed by atoms with E-state index < -0.39 is 0 Å². The lowest BCUT2D eigenvalue weighted by molar-refractivity contribution is 0.292. The average molecular weight is 293 g/mol. The Morgan fingerprint density at radius 1 is 1.15 bits per heavy atom. The van der Waals surface area contributed by atoms with Gasteiger partial charge >= 0.3 is 6.01 Å². The van der Waals surface area contributed by atoms with E-state index in [0.29, 0.717) is 24.5 Å². The van der Waals surface area contributed by atoms with E-state index in [-0.39, 0.29) is 0 Å². The summed E-state index contributed by atoms with van der Waals surface area (Å²) in [5, 5.41) is 10.3. The van der Waals surface area contributed by atoms with Crippen LogP contribution >= 0.6 is 11.3 Å². The predicted octanol–water partition coefficient (Wildman–Crippen LogP) is 3.29. The van der Waals surface area contributed by atoms with Crippen LogP contribution in [-0.4, -0.2) is 28.1 Å². The molecule has 0 amide bonds. The minimum absolute atomic E-state index is 0.346. The van der Waals surface area contributed by atoms with E-state index in [1.54, 1.807) is 11.3 Å². The van der Waals surface area contributed by atoms with Gasteiger partial charge in [0.05, 0.1) is 12.3 Å². The normalized spacial score (nSPS) is 10.3. The van der Waals surface area contributed by atoms with Crippen molar-refractivity contribution >= 4 is 28.9 Å². The molecule has 7 heteroatoms. The SMILES string of the molecule is CCCNc1nc(Nc2ccsc2)nc(OCCC)n1. The number of ether oxygens (including phenoxy) is 1. The Hall–Kier alpha value is -1.89. The van der Waals surface area contributed by atoms with Crippen LogP contribution in [0.4, 0.5) is 17.6 Å². The van der Waals surface area contributed by atoms with Gasteiger partial charge in [0.1, 0.15) is 0 Å². The second-order valence-corrected chi connectivity index (χ2v) is 4.96. The van der Waals surface area contributed by atoms with E-state index in [0.717, 1.165) is 25.1 Å². The molecule has 2 rings (SSSR count). The third-order valence-electron chi connectivity index (χ3n) is 2.36. The fraction of sp³-hybridized carbons (Fsp3) is 0.462. The molecule has 2 aromatic heterocycles. The summed E-state index contributed by atoms with van der Waals surface area (Å²) in [6, 6.07) is 2.32. The fourth-order valence-electron chi connectivity index (χ4n) is 1.45. The van der Waals surface area contributed by atoms with E-state index in [4.69, 9.17) is 4.74 Å². The second kappa shape index (κ2) is 7.64. The minimum Gasteiger partial charge on any atom is -0.463 e. The van der Waals surface area contributed by atoms with Crippen molar-refractivity contribution in [3.05, 3.63) is 16.8 Å². The highest BCUT2D eigenvalue weighted by Crippen LogP contribution is 2.18. The molecule has 0 spiro atoms. The fourth-order valence-corrected chi connectivity index (χ4v) is 2.04. The lowest BCUT2D eigenvalue weighted by atomic mass is 10.5.